The van der Waals surface area contributed by atoms with Gasteiger partial charge in [0.2, 0.25) is 0 Å². The lowest BCUT2D eigenvalue weighted by atomic mass is 9.62. The zero-order valence-corrected chi connectivity index (χ0v) is 30.6. The molecule has 0 fully saturated rings. The third-order valence-corrected chi connectivity index (χ3v) is 10.9. The molecule has 7 aromatic rings. The van der Waals surface area contributed by atoms with Crippen molar-refractivity contribution in [2.75, 3.05) is 9.80 Å². The fourth-order valence-corrected chi connectivity index (χ4v) is 7.95. The van der Waals surface area contributed by atoms with E-state index in [1.54, 1.807) is 0 Å². The van der Waals surface area contributed by atoms with Crippen molar-refractivity contribution in [1.82, 2.24) is 0 Å². The Hall–Kier alpha value is -5.86. The van der Waals surface area contributed by atoms with E-state index in [0.29, 0.717) is 0 Å². The van der Waals surface area contributed by atoms with E-state index in [4.69, 9.17) is 0 Å². The van der Waals surface area contributed by atoms with E-state index in [1.165, 1.54) is 45.5 Å². The molecule has 0 heterocycles. The molecule has 2 heteroatoms. The van der Waals surface area contributed by atoms with Crippen LogP contribution in [0, 0.1) is 0 Å². The first kappa shape index (κ1) is 33.3. The first-order valence-corrected chi connectivity index (χ1v) is 18.5. The molecule has 0 atom stereocenters. The highest BCUT2D eigenvalue weighted by Gasteiger charge is 2.39. The molecule has 1 aliphatic carbocycles. The molecule has 7 aromatic carbocycles. The number of para-hydroxylation sites is 2. The third kappa shape index (κ3) is 6.42. The van der Waals surface area contributed by atoms with Crippen molar-refractivity contribution in [3.05, 3.63) is 193 Å². The molecule has 0 saturated carbocycles. The van der Waals surface area contributed by atoms with Crippen molar-refractivity contribution in [3.63, 3.8) is 0 Å². The van der Waals surface area contributed by atoms with E-state index in [2.05, 4.69) is 219 Å². The van der Waals surface area contributed by atoms with Gasteiger partial charge in [0.25, 0.3) is 0 Å². The van der Waals surface area contributed by atoms with Crippen LogP contribution in [0.15, 0.2) is 182 Å². The van der Waals surface area contributed by atoms with Gasteiger partial charge in [-0.3, -0.25) is 0 Å². The second-order valence-electron chi connectivity index (χ2n) is 15.3. The molecule has 0 saturated heterocycles. The Morgan fingerprint density at radius 3 is 1.15 bits per heavy atom. The molecule has 256 valence electrons. The highest BCUT2D eigenvalue weighted by Crippen LogP contribution is 2.52. The summed E-state index contributed by atoms with van der Waals surface area (Å²) in [5.41, 5.74) is 14.9. The Morgan fingerprint density at radius 1 is 0.327 bits per heavy atom. The second-order valence-corrected chi connectivity index (χ2v) is 15.3. The molecule has 8 rings (SSSR count). The molecular weight excluding hydrogens is 629 g/mol. The Labute approximate surface area is 309 Å². The third-order valence-electron chi connectivity index (χ3n) is 10.9. The highest BCUT2D eigenvalue weighted by molar-refractivity contribution is 5.83. The molecule has 52 heavy (non-hydrogen) atoms. The maximum absolute atomic E-state index is 2.47. The first-order valence-electron chi connectivity index (χ1n) is 18.5. The van der Waals surface area contributed by atoms with E-state index in [-0.39, 0.29) is 10.8 Å². The van der Waals surface area contributed by atoms with Gasteiger partial charge in [-0.05, 0) is 124 Å². The van der Waals surface area contributed by atoms with Crippen molar-refractivity contribution in [2.45, 2.75) is 51.4 Å². The topological polar surface area (TPSA) is 6.48 Å². The fourth-order valence-electron chi connectivity index (χ4n) is 7.95. The van der Waals surface area contributed by atoms with Crippen molar-refractivity contribution in [2.24, 2.45) is 0 Å². The van der Waals surface area contributed by atoms with Crippen LogP contribution >= 0.6 is 0 Å². The lowest BCUT2D eigenvalue weighted by Crippen LogP contribution is -2.35. The maximum atomic E-state index is 2.47. The van der Waals surface area contributed by atoms with Gasteiger partial charge in [-0.25, -0.2) is 0 Å². The van der Waals surface area contributed by atoms with Gasteiger partial charge in [-0.1, -0.05) is 143 Å². The molecule has 2 nitrogen and oxygen atoms in total. The number of rotatable bonds is 8. The van der Waals surface area contributed by atoms with Gasteiger partial charge < -0.3 is 9.80 Å². The first-order chi connectivity index (χ1) is 25.3. The van der Waals surface area contributed by atoms with E-state index in [9.17, 15) is 0 Å². The van der Waals surface area contributed by atoms with Gasteiger partial charge in [0, 0.05) is 28.4 Å². The van der Waals surface area contributed by atoms with Crippen LogP contribution < -0.4 is 9.80 Å². The largest absolute Gasteiger partial charge is 0.311 e. The van der Waals surface area contributed by atoms with Crippen LogP contribution in [0.1, 0.15) is 51.7 Å². The average molecular weight is 675 g/mol. The van der Waals surface area contributed by atoms with E-state index < -0.39 is 0 Å². The summed E-state index contributed by atoms with van der Waals surface area (Å²) in [6, 6.07) is 65.8. The molecule has 0 aromatic heterocycles. The lowest BCUT2D eigenvalue weighted by molar-refractivity contribution is 0.332. The smallest absolute Gasteiger partial charge is 0.0502 e. The van der Waals surface area contributed by atoms with E-state index in [0.717, 1.165) is 34.9 Å². The van der Waals surface area contributed by atoms with Crippen LogP contribution in [0.5, 0.6) is 0 Å². The van der Waals surface area contributed by atoms with Crippen molar-refractivity contribution in [3.8, 4) is 22.3 Å². The summed E-state index contributed by atoms with van der Waals surface area (Å²) in [6.45, 7) is 9.65. The molecule has 1 aliphatic rings. The summed E-state index contributed by atoms with van der Waals surface area (Å²) >= 11 is 0. The lowest BCUT2D eigenvalue weighted by Gasteiger charge is -2.44. The second kappa shape index (κ2) is 13.7. The van der Waals surface area contributed by atoms with Gasteiger partial charge in [0.05, 0.1) is 5.69 Å². The van der Waals surface area contributed by atoms with Crippen LogP contribution in [0.4, 0.5) is 34.1 Å². The average Bonchev–Trinajstić information content (AvgIpc) is 3.19. The van der Waals surface area contributed by atoms with E-state index >= 15 is 0 Å². The Morgan fingerprint density at radius 2 is 0.692 bits per heavy atom. The number of anilines is 6. The van der Waals surface area contributed by atoms with Crippen LogP contribution in [0.25, 0.3) is 22.3 Å². The van der Waals surface area contributed by atoms with E-state index in [1.807, 2.05) is 0 Å². The molecule has 0 radical (unpaired) electrons. The summed E-state index contributed by atoms with van der Waals surface area (Å²) in [5.74, 6) is 0. The van der Waals surface area contributed by atoms with Gasteiger partial charge in [0.1, 0.15) is 0 Å². The Kier molecular flexibility index (Phi) is 8.77. The van der Waals surface area contributed by atoms with Crippen LogP contribution in [0.3, 0.4) is 0 Å². The molecular formula is C50H46N2. The van der Waals surface area contributed by atoms with Crippen LogP contribution in [-0.4, -0.2) is 0 Å². The SMILES string of the molecule is CC1(C)CCC(C)(C)c2c(N(c3ccc(-c4ccccc4)cc3)c3ccc(-c4ccc(N(c5ccccc5)c5ccccc5)cc4)cc3)cccc21. The Bertz CT molecular complexity index is 2210. The van der Waals surface area contributed by atoms with Gasteiger partial charge in [-0.2, -0.15) is 0 Å². The predicted octanol–water partition coefficient (Wildman–Crippen LogP) is 14.3. The minimum Gasteiger partial charge on any atom is -0.311 e. The molecule has 0 unspecified atom stereocenters. The summed E-state index contributed by atoms with van der Waals surface area (Å²) in [5, 5.41) is 0. The normalized spacial score (nSPS) is 14.3. The van der Waals surface area contributed by atoms with Crippen LogP contribution in [0.2, 0.25) is 0 Å². The van der Waals surface area contributed by atoms with Gasteiger partial charge in [-0.15, -0.1) is 0 Å². The monoisotopic (exact) mass is 674 g/mol. The van der Waals surface area contributed by atoms with Crippen LogP contribution in [-0.2, 0) is 10.8 Å². The summed E-state index contributed by atoms with van der Waals surface area (Å²) in [6.07, 6.45) is 2.34. The molecule has 0 N–H and O–H groups in total. The summed E-state index contributed by atoms with van der Waals surface area (Å²) in [4.78, 5) is 4.78. The van der Waals surface area contributed by atoms with Crippen molar-refractivity contribution >= 4 is 34.1 Å². The summed E-state index contributed by atoms with van der Waals surface area (Å²) in [7, 11) is 0. The van der Waals surface area contributed by atoms with Gasteiger partial charge in [0.15, 0.2) is 0 Å². The molecule has 0 aliphatic heterocycles. The fraction of sp³-hybridized carbons (Fsp3) is 0.160. The number of fused-ring (bicyclic) bond motifs is 1. The number of nitrogens with zero attached hydrogens (tertiary/aromatic N) is 2. The number of benzene rings is 7. The highest BCUT2D eigenvalue weighted by atomic mass is 15.1. The molecule has 0 spiro atoms. The zero-order valence-electron chi connectivity index (χ0n) is 30.6. The minimum atomic E-state index is 0.0543. The molecule has 0 amide bonds. The minimum absolute atomic E-state index is 0.0543. The predicted molar refractivity (Wildman–Crippen MR) is 222 cm³/mol. The van der Waals surface area contributed by atoms with Gasteiger partial charge >= 0.3 is 0 Å². The maximum Gasteiger partial charge on any atom is 0.0502 e. The number of hydrogen-bond acceptors (Lipinski definition) is 2. The Balaban J connectivity index is 1.18. The number of hydrogen-bond donors (Lipinski definition) is 0. The van der Waals surface area contributed by atoms with Crippen molar-refractivity contribution < 1.29 is 0 Å². The molecule has 0 bridgehead atoms. The zero-order chi connectivity index (χ0) is 35.7. The standard InChI is InChI=1S/C50H46N2/c1-49(2)35-36-50(3,4)48-46(49)21-14-22-47(48)52(44-31-25-38(26-32-44)37-15-8-5-9-16-37)45-33-27-40(28-34-45)39-23-29-43(30-24-39)51(41-17-10-6-11-18-41)42-19-12-7-13-20-42/h5-34H,35-36H2,1-4H3. The quantitative estimate of drug-likeness (QED) is 0.158. The summed E-state index contributed by atoms with van der Waals surface area (Å²) < 4.78 is 0. The van der Waals surface area contributed by atoms with Crippen molar-refractivity contribution in [1.29, 1.82) is 0 Å².